The number of para-hydroxylation sites is 1. The molecule has 3 rings (SSSR count). The highest BCUT2D eigenvalue weighted by Crippen LogP contribution is 2.34. The smallest absolute Gasteiger partial charge is 0.354 e. The number of hydrogen-bond donors (Lipinski definition) is 2. The molecule has 0 bridgehead atoms. The molecule has 8 heteroatoms. The molecule has 0 saturated heterocycles. The van der Waals surface area contributed by atoms with Crippen LogP contribution in [-0.4, -0.2) is 10.9 Å². The third-order valence-electron chi connectivity index (χ3n) is 3.78. The Labute approximate surface area is 158 Å². The molecule has 0 fully saturated rings. The van der Waals surface area contributed by atoms with E-state index in [1.54, 1.807) is 24.3 Å². The van der Waals surface area contributed by atoms with Crippen LogP contribution in [0.2, 0.25) is 0 Å². The molecule has 1 heterocycles. The summed E-state index contributed by atoms with van der Waals surface area (Å²) in [6.45, 7) is 0. The highest BCUT2D eigenvalue weighted by atomic mass is 19.4. The van der Waals surface area contributed by atoms with Gasteiger partial charge in [0.2, 0.25) is 0 Å². The maximum atomic E-state index is 13.1. The number of carbonyl (C=O) groups is 1. The lowest BCUT2D eigenvalue weighted by Gasteiger charge is -2.14. The number of nitriles is 1. The molecule has 0 spiro atoms. The van der Waals surface area contributed by atoms with Crippen LogP contribution in [0.15, 0.2) is 67.0 Å². The van der Waals surface area contributed by atoms with Crippen molar-refractivity contribution < 1.29 is 18.0 Å². The highest BCUT2D eigenvalue weighted by molar-refractivity contribution is 6.05. The maximum Gasteiger partial charge on any atom is 0.418 e. The molecule has 1 amide bonds. The molecule has 2 N–H and O–H groups in total. The van der Waals surface area contributed by atoms with E-state index >= 15 is 0 Å². The minimum Gasteiger partial charge on any atom is -0.354 e. The zero-order valence-corrected chi connectivity index (χ0v) is 14.3. The fraction of sp³-hybridized carbons (Fsp3) is 0.0500. The van der Waals surface area contributed by atoms with Crippen LogP contribution in [0.5, 0.6) is 0 Å². The van der Waals surface area contributed by atoms with Crippen LogP contribution in [0.1, 0.15) is 21.5 Å². The number of nitrogens with zero attached hydrogens (tertiary/aromatic N) is 2. The molecule has 0 saturated carbocycles. The van der Waals surface area contributed by atoms with Crippen LogP contribution in [0.4, 0.5) is 30.2 Å². The summed E-state index contributed by atoms with van der Waals surface area (Å²) < 4.78 is 39.2. The van der Waals surface area contributed by atoms with Crippen molar-refractivity contribution in [2.45, 2.75) is 6.18 Å². The first-order valence-electron chi connectivity index (χ1n) is 8.06. The Hall–Kier alpha value is -3.86. The van der Waals surface area contributed by atoms with E-state index < -0.39 is 17.6 Å². The molecule has 0 atom stereocenters. The lowest BCUT2D eigenvalue weighted by molar-refractivity contribution is -0.136. The van der Waals surface area contributed by atoms with Crippen LogP contribution in [0.3, 0.4) is 0 Å². The fourth-order valence-electron chi connectivity index (χ4n) is 2.46. The standard InChI is InChI=1S/C20H13F3N4O/c21-20(22,23)17-3-1-2-4-18(17)27-19(28)14-9-16(12-25-11-14)26-15-7-5-13(10-24)6-8-15/h1-9,11-12,26H,(H,27,28). The quantitative estimate of drug-likeness (QED) is 0.668. The zero-order valence-electron chi connectivity index (χ0n) is 14.3. The maximum absolute atomic E-state index is 13.1. The predicted octanol–water partition coefficient (Wildman–Crippen LogP) is 4.97. The molecular weight excluding hydrogens is 369 g/mol. The van der Waals surface area contributed by atoms with Gasteiger partial charge in [0.1, 0.15) is 0 Å². The Bertz CT molecular complexity index is 1040. The van der Waals surface area contributed by atoms with Crippen molar-refractivity contribution in [2.24, 2.45) is 0 Å². The molecule has 28 heavy (non-hydrogen) atoms. The normalized spacial score (nSPS) is 10.8. The number of halogens is 3. The van der Waals surface area contributed by atoms with Gasteiger partial charge in [0.15, 0.2) is 0 Å². The summed E-state index contributed by atoms with van der Waals surface area (Å²) in [5.74, 6) is -0.715. The molecule has 3 aromatic rings. The van der Waals surface area contributed by atoms with Gasteiger partial charge in [-0.05, 0) is 42.5 Å². The van der Waals surface area contributed by atoms with Crippen LogP contribution in [0, 0.1) is 11.3 Å². The Balaban J connectivity index is 1.79. The van der Waals surface area contributed by atoms with Gasteiger partial charge in [-0.1, -0.05) is 12.1 Å². The van der Waals surface area contributed by atoms with Gasteiger partial charge in [-0.15, -0.1) is 0 Å². The molecule has 5 nitrogen and oxygen atoms in total. The SMILES string of the molecule is N#Cc1ccc(Nc2cncc(C(=O)Nc3ccccc3C(F)(F)F)c2)cc1. The number of amides is 1. The monoisotopic (exact) mass is 382 g/mol. The summed E-state index contributed by atoms with van der Waals surface area (Å²) in [6.07, 6.45) is -1.85. The van der Waals surface area contributed by atoms with Crippen molar-refractivity contribution in [2.75, 3.05) is 10.6 Å². The molecular formula is C20H13F3N4O. The van der Waals surface area contributed by atoms with Gasteiger partial charge in [0.05, 0.1) is 40.3 Å². The second-order valence-electron chi connectivity index (χ2n) is 5.77. The van der Waals surface area contributed by atoms with Gasteiger partial charge in [0.25, 0.3) is 5.91 Å². The van der Waals surface area contributed by atoms with Crippen molar-refractivity contribution in [1.29, 1.82) is 5.26 Å². The second-order valence-corrected chi connectivity index (χ2v) is 5.77. The van der Waals surface area contributed by atoms with E-state index in [-0.39, 0.29) is 11.3 Å². The summed E-state index contributed by atoms with van der Waals surface area (Å²) in [6, 6.07) is 14.8. The second kappa shape index (κ2) is 7.80. The molecule has 0 aliphatic heterocycles. The van der Waals surface area contributed by atoms with Gasteiger partial charge in [-0.25, -0.2) is 0 Å². The number of benzene rings is 2. The largest absolute Gasteiger partial charge is 0.418 e. The summed E-state index contributed by atoms with van der Waals surface area (Å²) in [7, 11) is 0. The Morgan fingerprint density at radius 2 is 1.71 bits per heavy atom. The van der Waals surface area contributed by atoms with Gasteiger partial charge in [-0.2, -0.15) is 18.4 Å². The van der Waals surface area contributed by atoms with Crippen LogP contribution in [0.25, 0.3) is 0 Å². The molecule has 0 radical (unpaired) electrons. The van der Waals surface area contributed by atoms with E-state index in [1.807, 2.05) is 6.07 Å². The van der Waals surface area contributed by atoms with Crippen LogP contribution < -0.4 is 10.6 Å². The minimum atomic E-state index is -4.58. The number of anilines is 3. The number of carbonyl (C=O) groups excluding carboxylic acids is 1. The first-order chi connectivity index (χ1) is 13.4. The number of aromatic nitrogens is 1. The zero-order chi connectivity index (χ0) is 20.1. The van der Waals surface area contributed by atoms with Crippen molar-refractivity contribution >= 4 is 23.0 Å². The lowest BCUT2D eigenvalue weighted by Crippen LogP contribution is -2.17. The molecule has 1 aromatic heterocycles. The van der Waals surface area contributed by atoms with Crippen molar-refractivity contribution in [3.05, 3.63) is 83.7 Å². The third-order valence-corrected chi connectivity index (χ3v) is 3.78. The Morgan fingerprint density at radius 1 is 1.00 bits per heavy atom. The lowest BCUT2D eigenvalue weighted by atomic mass is 10.1. The average Bonchev–Trinajstić information content (AvgIpc) is 2.68. The molecule has 2 aromatic carbocycles. The van der Waals surface area contributed by atoms with Crippen LogP contribution in [-0.2, 0) is 6.18 Å². The summed E-state index contributed by atoms with van der Waals surface area (Å²) >= 11 is 0. The predicted molar refractivity (Wildman–Crippen MR) is 98.1 cm³/mol. The summed E-state index contributed by atoms with van der Waals surface area (Å²) in [5.41, 5.74) is 0.478. The Morgan fingerprint density at radius 3 is 2.39 bits per heavy atom. The fourth-order valence-corrected chi connectivity index (χ4v) is 2.46. The van der Waals surface area contributed by atoms with Crippen molar-refractivity contribution in [1.82, 2.24) is 4.98 Å². The Kier molecular flexibility index (Phi) is 5.27. The molecule has 0 unspecified atom stereocenters. The topological polar surface area (TPSA) is 77.8 Å². The molecule has 140 valence electrons. The van der Waals surface area contributed by atoms with E-state index in [0.717, 1.165) is 6.07 Å². The first kappa shape index (κ1) is 18.9. The minimum absolute atomic E-state index is 0.0932. The molecule has 0 aliphatic carbocycles. The van der Waals surface area contributed by atoms with Gasteiger partial charge in [0, 0.05) is 11.9 Å². The number of pyridine rings is 1. The van der Waals surface area contributed by atoms with Gasteiger partial charge >= 0.3 is 6.18 Å². The third kappa shape index (κ3) is 4.45. The van der Waals surface area contributed by atoms with E-state index in [1.165, 1.54) is 36.7 Å². The van der Waals surface area contributed by atoms with E-state index in [0.29, 0.717) is 16.9 Å². The highest BCUT2D eigenvalue weighted by Gasteiger charge is 2.33. The van der Waals surface area contributed by atoms with Crippen LogP contribution >= 0.6 is 0 Å². The number of rotatable bonds is 4. The average molecular weight is 382 g/mol. The summed E-state index contributed by atoms with van der Waals surface area (Å²) in [5, 5.41) is 14.1. The van der Waals surface area contributed by atoms with E-state index in [9.17, 15) is 18.0 Å². The van der Waals surface area contributed by atoms with Gasteiger partial charge in [-0.3, -0.25) is 9.78 Å². The van der Waals surface area contributed by atoms with E-state index in [4.69, 9.17) is 5.26 Å². The van der Waals surface area contributed by atoms with Crippen molar-refractivity contribution in [3.8, 4) is 6.07 Å². The first-order valence-corrected chi connectivity index (χ1v) is 8.06. The summed E-state index contributed by atoms with van der Waals surface area (Å²) in [4.78, 5) is 16.3. The number of hydrogen-bond acceptors (Lipinski definition) is 4. The molecule has 0 aliphatic rings. The number of alkyl halides is 3. The van der Waals surface area contributed by atoms with E-state index in [2.05, 4.69) is 15.6 Å². The number of nitrogens with one attached hydrogen (secondary N) is 2. The van der Waals surface area contributed by atoms with Crippen molar-refractivity contribution in [3.63, 3.8) is 0 Å². The van der Waals surface area contributed by atoms with Gasteiger partial charge < -0.3 is 10.6 Å².